The molecule has 1 aliphatic rings. The third kappa shape index (κ3) is 3.17. The standard InChI is InChI=1S/C21H28N4O/c1-4-17(13-24-7-9-26-10-8-24)25-14-22-12-20(25)21-16(3)18-11-15(2)5-6-19(18)23-21/h5-6,11-12,14,17,23H,4,7-10,13H2,1-3H3/t17-/m0/s1. The van der Waals surface area contributed by atoms with Gasteiger partial charge < -0.3 is 14.3 Å². The second kappa shape index (κ2) is 7.25. The summed E-state index contributed by atoms with van der Waals surface area (Å²) in [6.45, 7) is 11.4. The van der Waals surface area contributed by atoms with Gasteiger partial charge in [-0.3, -0.25) is 4.90 Å². The zero-order chi connectivity index (χ0) is 18.1. The van der Waals surface area contributed by atoms with E-state index in [0.717, 1.165) is 39.3 Å². The van der Waals surface area contributed by atoms with Crippen molar-refractivity contribution in [3.63, 3.8) is 0 Å². The summed E-state index contributed by atoms with van der Waals surface area (Å²) in [5, 5.41) is 1.30. The van der Waals surface area contributed by atoms with Crippen molar-refractivity contribution in [2.75, 3.05) is 32.8 Å². The Morgan fingerprint density at radius 1 is 1.23 bits per heavy atom. The number of ether oxygens (including phenoxy) is 1. The lowest BCUT2D eigenvalue weighted by Gasteiger charge is -2.31. The summed E-state index contributed by atoms with van der Waals surface area (Å²) in [5.41, 5.74) is 6.14. The lowest BCUT2D eigenvalue weighted by molar-refractivity contribution is 0.0313. The molecule has 4 rings (SSSR count). The van der Waals surface area contributed by atoms with Crippen molar-refractivity contribution in [3.05, 3.63) is 41.9 Å². The van der Waals surface area contributed by atoms with Crippen LogP contribution in [0.3, 0.4) is 0 Å². The Hall–Kier alpha value is -2.11. The minimum atomic E-state index is 0.415. The maximum atomic E-state index is 5.49. The summed E-state index contributed by atoms with van der Waals surface area (Å²) in [6, 6.07) is 7.01. The number of aromatic amines is 1. The van der Waals surface area contributed by atoms with Crippen LogP contribution in [0.5, 0.6) is 0 Å². The van der Waals surface area contributed by atoms with Gasteiger partial charge in [0, 0.05) is 36.6 Å². The summed E-state index contributed by atoms with van der Waals surface area (Å²) >= 11 is 0. The van der Waals surface area contributed by atoms with Gasteiger partial charge in [0.05, 0.1) is 37.1 Å². The van der Waals surface area contributed by atoms with Gasteiger partial charge in [0.2, 0.25) is 0 Å². The number of imidazole rings is 1. The molecular weight excluding hydrogens is 324 g/mol. The Morgan fingerprint density at radius 2 is 2.04 bits per heavy atom. The van der Waals surface area contributed by atoms with Gasteiger partial charge in [-0.15, -0.1) is 0 Å². The summed E-state index contributed by atoms with van der Waals surface area (Å²) in [6.07, 6.45) is 5.06. The van der Waals surface area contributed by atoms with Crippen LogP contribution < -0.4 is 0 Å². The third-order valence-electron chi connectivity index (χ3n) is 5.57. The average Bonchev–Trinajstić information content (AvgIpc) is 3.25. The molecule has 3 aromatic rings. The van der Waals surface area contributed by atoms with E-state index in [0.29, 0.717) is 6.04 Å². The van der Waals surface area contributed by atoms with Gasteiger partial charge >= 0.3 is 0 Å². The first-order valence-corrected chi connectivity index (χ1v) is 9.58. The number of hydrogen-bond acceptors (Lipinski definition) is 3. The molecule has 1 aliphatic heterocycles. The van der Waals surface area contributed by atoms with Crippen LogP contribution >= 0.6 is 0 Å². The topological polar surface area (TPSA) is 46.1 Å². The van der Waals surface area contributed by atoms with Gasteiger partial charge in [0.25, 0.3) is 0 Å². The van der Waals surface area contributed by atoms with Gasteiger partial charge in [-0.25, -0.2) is 4.98 Å². The second-order valence-corrected chi connectivity index (χ2v) is 7.34. The highest BCUT2D eigenvalue weighted by Crippen LogP contribution is 2.32. The van der Waals surface area contributed by atoms with E-state index in [9.17, 15) is 0 Å². The molecule has 1 saturated heterocycles. The van der Waals surface area contributed by atoms with E-state index in [1.54, 1.807) is 0 Å². The Labute approximate surface area is 155 Å². The molecule has 26 heavy (non-hydrogen) atoms. The van der Waals surface area contributed by atoms with Gasteiger partial charge in [0.1, 0.15) is 0 Å². The van der Waals surface area contributed by atoms with Crippen LogP contribution in [0.25, 0.3) is 22.3 Å². The molecule has 0 amide bonds. The minimum absolute atomic E-state index is 0.415. The van der Waals surface area contributed by atoms with Crippen LogP contribution in [0, 0.1) is 13.8 Å². The maximum Gasteiger partial charge on any atom is 0.0954 e. The van der Waals surface area contributed by atoms with Crippen molar-refractivity contribution < 1.29 is 4.74 Å². The molecule has 0 spiro atoms. The number of benzene rings is 1. The number of aromatic nitrogens is 3. The summed E-state index contributed by atoms with van der Waals surface area (Å²) in [5.74, 6) is 0. The summed E-state index contributed by atoms with van der Waals surface area (Å²) in [7, 11) is 0. The SMILES string of the molecule is CC[C@@H](CN1CCOCC1)n1cncc1-c1[nH]c2ccc(C)cc2c1C. The molecular formula is C21H28N4O. The quantitative estimate of drug-likeness (QED) is 0.757. The molecule has 2 aromatic heterocycles. The maximum absolute atomic E-state index is 5.49. The van der Waals surface area contributed by atoms with E-state index in [4.69, 9.17) is 4.74 Å². The van der Waals surface area contributed by atoms with Crippen molar-refractivity contribution in [1.82, 2.24) is 19.4 Å². The molecule has 0 saturated carbocycles. The number of nitrogens with zero attached hydrogens (tertiary/aromatic N) is 3. The molecule has 5 nitrogen and oxygen atoms in total. The van der Waals surface area contributed by atoms with Gasteiger partial charge in [-0.05, 0) is 38.0 Å². The predicted octanol–water partition coefficient (Wildman–Crippen LogP) is 3.93. The highest BCUT2D eigenvalue weighted by atomic mass is 16.5. The second-order valence-electron chi connectivity index (χ2n) is 7.34. The number of H-pyrrole nitrogens is 1. The Kier molecular flexibility index (Phi) is 4.83. The predicted molar refractivity (Wildman–Crippen MR) is 106 cm³/mol. The Morgan fingerprint density at radius 3 is 2.81 bits per heavy atom. The number of aryl methyl sites for hydroxylation is 2. The summed E-state index contributed by atoms with van der Waals surface area (Å²) < 4.78 is 7.84. The molecule has 138 valence electrons. The number of fused-ring (bicyclic) bond motifs is 1. The Bertz CT molecular complexity index is 889. The minimum Gasteiger partial charge on any atom is -0.379 e. The van der Waals surface area contributed by atoms with Gasteiger partial charge in [-0.1, -0.05) is 18.6 Å². The van der Waals surface area contributed by atoms with Crippen molar-refractivity contribution in [1.29, 1.82) is 0 Å². The number of morpholine rings is 1. The van der Waals surface area contributed by atoms with Crippen LogP contribution in [0.4, 0.5) is 0 Å². The van der Waals surface area contributed by atoms with Gasteiger partial charge in [0.15, 0.2) is 0 Å². The molecule has 1 atom stereocenters. The molecule has 0 radical (unpaired) electrons. The molecule has 3 heterocycles. The van der Waals surface area contributed by atoms with Crippen LogP contribution in [-0.4, -0.2) is 52.3 Å². The molecule has 0 aliphatic carbocycles. The smallest absolute Gasteiger partial charge is 0.0954 e. The Balaban J connectivity index is 1.68. The molecule has 0 bridgehead atoms. The lowest BCUT2D eigenvalue weighted by Crippen LogP contribution is -2.39. The molecule has 0 unspecified atom stereocenters. The van der Waals surface area contributed by atoms with E-state index < -0.39 is 0 Å². The first-order valence-electron chi connectivity index (χ1n) is 9.58. The first kappa shape index (κ1) is 17.3. The number of nitrogens with one attached hydrogen (secondary N) is 1. The highest BCUT2D eigenvalue weighted by molar-refractivity contribution is 5.90. The van der Waals surface area contributed by atoms with Crippen LogP contribution in [0.15, 0.2) is 30.7 Å². The monoisotopic (exact) mass is 352 g/mol. The van der Waals surface area contributed by atoms with Crippen LogP contribution in [0.2, 0.25) is 0 Å². The molecule has 5 heteroatoms. The molecule has 1 fully saturated rings. The third-order valence-corrected chi connectivity index (χ3v) is 5.57. The van der Waals surface area contributed by atoms with Crippen molar-refractivity contribution in [3.8, 4) is 11.4 Å². The largest absolute Gasteiger partial charge is 0.379 e. The number of rotatable bonds is 5. The van der Waals surface area contributed by atoms with E-state index in [2.05, 4.69) is 58.4 Å². The fraction of sp³-hybridized carbons (Fsp3) is 0.476. The van der Waals surface area contributed by atoms with E-state index in [1.165, 1.54) is 33.4 Å². The van der Waals surface area contributed by atoms with Crippen molar-refractivity contribution in [2.24, 2.45) is 0 Å². The fourth-order valence-electron chi connectivity index (χ4n) is 3.98. The fourth-order valence-corrected chi connectivity index (χ4v) is 3.98. The number of hydrogen-bond donors (Lipinski definition) is 1. The average molecular weight is 352 g/mol. The first-order chi connectivity index (χ1) is 12.7. The zero-order valence-electron chi connectivity index (χ0n) is 16.0. The zero-order valence-corrected chi connectivity index (χ0v) is 16.0. The van der Waals surface area contributed by atoms with Gasteiger partial charge in [-0.2, -0.15) is 0 Å². The van der Waals surface area contributed by atoms with Crippen LogP contribution in [-0.2, 0) is 4.74 Å². The molecule has 1 aromatic carbocycles. The van der Waals surface area contributed by atoms with Crippen molar-refractivity contribution >= 4 is 10.9 Å². The van der Waals surface area contributed by atoms with Crippen LogP contribution in [0.1, 0.15) is 30.5 Å². The highest BCUT2D eigenvalue weighted by Gasteiger charge is 2.21. The lowest BCUT2D eigenvalue weighted by atomic mass is 10.1. The molecule has 1 N–H and O–H groups in total. The van der Waals surface area contributed by atoms with E-state index in [1.807, 2.05) is 12.5 Å². The van der Waals surface area contributed by atoms with E-state index in [-0.39, 0.29) is 0 Å². The normalized spacial score (nSPS) is 17.0. The van der Waals surface area contributed by atoms with Crippen molar-refractivity contribution in [2.45, 2.75) is 33.2 Å². The summed E-state index contributed by atoms with van der Waals surface area (Å²) in [4.78, 5) is 10.6. The van der Waals surface area contributed by atoms with E-state index >= 15 is 0 Å².